The minimum absolute atomic E-state index is 0. The molecule has 1 aromatic carbocycles. The van der Waals surface area contributed by atoms with Crippen LogP contribution in [-0.4, -0.2) is 41.3 Å². The van der Waals surface area contributed by atoms with Crippen LogP contribution in [0, 0.1) is 6.92 Å². The molecule has 1 N–H and O–H groups in total. The van der Waals surface area contributed by atoms with Crippen LogP contribution in [0.1, 0.15) is 23.1 Å². The molecule has 0 atom stereocenters. The highest BCUT2D eigenvalue weighted by Crippen LogP contribution is 2.06. The van der Waals surface area contributed by atoms with Crippen molar-refractivity contribution in [1.29, 1.82) is 0 Å². The number of nitrogens with one attached hydrogen (secondary N) is 1. The van der Waals surface area contributed by atoms with Crippen LogP contribution in [0.2, 0.25) is 0 Å². The van der Waals surface area contributed by atoms with Crippen molar-refractivity contribution in [3.8, 4) is 0 Å². The first kappa shape index (κ1) is 20.5. The number of nitrogens with zero attached hydrogens (tertiary/aromatic N) is 4. The summed E-state index contributed by atoms with van der Waals surface area (Å²) in [5, 5.41) is 7.62. The van der Waals surface area contributed by atoms with Gasteiger partial charge in [-0.1, -0.05) is 29.8 Å². The summed E-state index contributed by atoms with van der Waals surface area (Å²) in [6.45, 7) is 3.86. The Morgan fingerprint density at radius 1 is 1.25 bits per heavy atom. The van der Waals surface area contributed by atoms with Gasteiger partial charge in [-0.05, 0) is 30.9 Å². The van der Waals surface area contributed by atoms with Crippen molar-refractivity contribution in [2.75, 3.05) is 20.6 Å². The van der Waals surface area contributed by atoms with Gasteiger partial charge < -0.3 is 10.2 Å². The lowest BCUT2D eigenvalue weighted by atomic mass is 10.1. The van der Waals surface area contributed by atoms with E-state index in [4.69, 9.17) is 0 Å². The molecule has 0 saturated carbocycles. The van der Waals surface area contributed by atoms with E-state index in [1.54, 1.807) is 0 Å². The first-order valence-electron chi connectivity index (χ1n) is 8.03. The maximum atomic E-state index is 4.37. The molecule has 5 nitrogen and oxygen atoms in total. The summed E-state index contributed by atoms with van der Waals surface area (Å²) in [5.41, 5.74) is 3.85. The van der Waals surface area contributed by atoms with E-state index < -0.39 is 0 Å². The van der Waals surface area contributed by atoms with Gasteiger partial charge in [0.25, 0.3) is 0 Å². The Bertz CT molecular complexity index is 633. The molecule has 0 unspecified atom stereocenters. The zero-order valence-electron chi connectivity index (χ0n) is 15.0. The number of aliphatic imine (C=N–C) groups is 1. The monoisotopic (exact) mass is 441 g/mol. The van der Waals surface area contributed by atoms with Gasteiger partial charge in [0.1, 0.15) is 0 Å². The fraction of sp³-hybridized carbons (Fsp3) is 0.444. The highest BCUT2D eigenvalue weighted by atomic mass is 127. The van der Waals surface area contributed by atoms with E-state index in [1.807, 2.05) is 25.0 Å². The number of hydrogen-bond acceptors (Lipinski definition) is 2. The van der Waals surface area contributed by atoms with Crippen molar-refractivity contribution in [2.45, 2.75) is 26.3 Å². The molecule has 0 amide bonds. The van der Waals surface area contributed by atoms with Crippen molar-refractivity contribution in [2.24, 2.45) is 12.0 Å². The minimum atomic E-state index is 0. The summed E-state index contributed by atoms with van der Waals surface area (Å²) in [7, 11) is 5.84. The van der Waals surface area contributed by atoms with Crippen LogP contribution in [0.5, 0.6) is 0 Å². The molecular weight excluding hydrogens is 413 g/mol. The average molecular weight is 441 g/mol. The van der Waals surface area contributed by atoms with E-state index in [0.29, 0.717) is 0 Å². The highest BCUT2D eigenvalue weighted by molar-refractivity contribution is 14.0. The third-order valence-corrected chi connectivity index (χ3v) is 3.80. The Morgan fingerprint density at radius 2 is 1.96 bits per heavy atom. The zero-order chi connectivity index (χ0) is 16.7. The Labute approximate surface area is 162 Å². The van der Waals surface area contributed by atoms with E-state index in [0.717, 1.165) is 31.9 Å². The Kier molecular flexibility index (Phi) is 8.81. The van der Waals surface area contributed by atoms with Crippen molar-refractivity contribution < 1.29 is 0 Å². The van der Waals surface area contributed by atoms with Gasteiger partial charge in [0.05, 0.1) is 6.20 Å². The van der Waals surface area contributed by atoms with Crippen LogP contribution in [0.25, 0.3) is 0 Å². The summed E-state index contributed by atoms with van der Waals surface area (Å²) in [4.78, 5) is 6.51. The predicted octanol–water partition coefficient (Wildman–Crippen LogP) is 2.99. The molecule has 0 aliphatic heterocycles. The molecular formula is C18H28IN5. The number of guanidine groups is 1. The fourth-order valence-corrected chi connectivity index (χ4v) is 2.52. The minimum Gasteiger partial charge on any atom is -0.356 e. The normalized spacial score (nSPS) is 11.1. The zero-order valence-corrected chi connectivity index (χ0v) is 17.3. The summed E-state index contributed by atoms with van der Waals surface area (Å²) in [6, 6.07) is 8.63. The molecule has 0 aliphatic rings. The van der Waals surface area contributed by atoms with Gasteiger partial charge in [-0.2, -0.15) is 5.10 Å². The molecule has 0 saturated heterocycles. The van der Waals surface area contributed by atoms with Crippen molar-refractivity contribution in [3.05, 3.63) is 53.3 Å². The molecule has 2 rings (SSSR count). The first-order valence-corrected chi connectivity index (χ1v) is 8.03. The molecule has 0 aliphatic carbocycles. The third kappa shape index (κ3) is 6.51. The maximum absolute atomic E-state index is 4.37. The largest absolute Gasteiger partial charge is 0.356 e. The standard InChI is InChI=1S/C18H27N5.HI/c1-15-7-9-16(10-8-15)13-22(3)18(19-2)20-11-5-6-17-12-21-23(4)14-17;/h7-10,12,14H,5-6,11,13H2,1-4H3,(H,19,20);1H. The Balaban J connectivity index is 0.00000288. The van der Waals surface area contributed by atoms with Crippen molar-refractivity contribution >= 4 is 29.9 Å². The smallest absolute Gasteiger partial charge is 0.193 e. The van der Waals surface area contributed by atoms with E-state index in [-0.39, 0.29) is 24.0 Å². The topological polar surface area (TPSA) is 45.5 Å². The lowest BCUT2D eigenvalue weighted by molar-refractivity contribution is 0.476. The van der Waals surface area contributed by atoms with Gasteiger partial charge in [0, 0.05) is 40.4 Å². The Hall–Kier alpha value is -1.57. The van der Waals surface area contributed by atoms with Gasteiger partial charge in [-0.3, -0.25) is 9.67 Å². The average Bonchev–Trinajstić information content (AvgIpc) is 2.95. The molecule has 0 spiro atoms. The molecule has 24 heavy (non-hydrogen) atoms. The fourth-order valence-electron chi connectivity index (χ4n) is 2.52. The molecule has 0 bridgehead atoms. The van der Waals surface area contributed by atoms with Gasteiger partial charge >= 0.3 is 0 Å². The number of rotatable bonds is 6. The number of aryl methyl sites for hydroxylation is 3. The van der Waals surface area contributed by atoms with Crippen LogP contribution in [0.15, 0.2) is 41.7 Å². The summed E-state index contributed by atoms with van der Waals surface area (Å²) in [6.07, 6.45) is 6.08. The van der Waals surface area contributed by atoms with Gasteiger partial charge in [0.2, 0.25) is 0 Å². The van der Waals surface area contributed by atoms with E-state index in [2.05, 4.69) is 64.7 Å². The second-order valence-electron chi connectivity index (χ2n) is 5.94. The maximum Gasteiger partial charge on any atom is 0.193 e. The molecule has 1 heterocycles. The van der Waals surface area contributed by atoms with Crippen LogP contribution >= 0.6 is 24.0 Å². The lowest BCUT2D eigenvalue weighted by Gasteiger charge is -2.22. The SMILES string of the molecule is CN=C(NCCCc1cnn(C)c1)N(C)Cc1ccc(C)cc1.I. The summed E-state index contributed by atoms with van der Waals surface area (Å²) < 4.78 is 1.84. The van der Waals surface area contributed by atoms with Crippen molar-refractivity contribution in [1.82, 2.24) is 20.0 Å². The van der Waals surface area contributed by atoms with Crippen LogP contribution in [-0.2, 0) is 20.0 Å². The van der Waals surface area contributed by atoms with Crippen LogP contribution in [0.3, 0.4) is 0 Å². The van der Waals surface area contributed by atoms with Gasteiger partial charge in [0.15, 0.2) is 5.96 Å². The third-order valence-electron chi connectivity index (χ3n) is 3.80. The molecule has 0 fully saturated rings. The number of aromatic nitrogens is 2. The van der Waals surface area contributed by atoms with Gasteiger partial charge in [-0.15, -0.1) is 24.0 Å². The van der Waals surface area contributed by atoms with E-state index in [1.165, 1.54) is 16.7 Å². The van der Waals surface area contributed by atoms with Crippen LogP contribution < -0.4 is 5.32 Å². The van der Waals surface area contributed by atoms with Crippen molar-refractivity contribution in [3.63, 3.8) is 0 Å². The highest BCUT2D eigenvalue weighted by Gasteiger charge is 2.06. The summed E-state index contributed by atoms with van der Waals surface area (Å²) in [5.74, 6) is 0.928. The first-order chi connectivity index (χ1) is 11.1. The lowest BCUT2D eigenvalue weighted by Crippen LogP contribution is -2.39. The molecule has 6 heteroatoms. The molecule has 132 valence electrons. The Morgan fingerprint density at radius 3 is 2.54 bits per heavy atom. The number of benzene rings is 1. The molecule has 1 aromatic heterocycles. The van der Waals surface area contributed by atoms with E-state index in [9.17, 15) is 0 Å². The quantitative estimate of drug-likeness (QED) is 0.325. The summed E-state index contributed by atoms with van der Waals surface area (Å²) >= 11 is 0. The number of hydrogen-bond donors (Lipinski definition) is 1. The second kappa shape index (κ2) is 10.3. The molecule has 0 radical (unpaired) electrons. The number of halogens is 1. The predicted molar refractivity (Wildman–Crippen MR) is 111 cm³/mol. The molecule has 2 aromatic rings. The van der Waals surface area contributed by atoms with E-state index >= 15 is 0 Å². The van der Waals surface area contributed by atoms with Crippen LogP contribution in [0.4, 0.5) is 0 Å². The second-order valence-corrected chi connectivity index (χ2v) is 5.94. The van der Waals surface area contributed by atoms with Gasteiger partial charge in [-0.25, -0.2) is 0 Å².